The van der Waals surface area contributed by atoms with Gasteiger partial charge in [-0.1, -0.05) is 31.2 Å². The topological polar surface area (TPSA) is 36.9 Å². The van der Waals surface area contributed by atoms with Gasteiger partial charge >= 0.3 is 0 Å². The number of benzene rings is 1. The Morgan fingerprint density at radius 2 is 1.84 bits per heavy atom. The van der Waals surface area contributed by atoms with E-state index < -0.39 is 0 Å². The number of hydrogen-bond acceptors (Lipinski definition) is 3. The van der Waals surface area contributed by atoms with Crippen LogP contribution in [0.25, 0.3) is 0 Å². The standard InChI is InChI=1S/C20H33N3OS/c1-5-17-7-9-18(10-8-17)15-23(3)19(21-6-2)22-16-20(25-4)11-13-24-14-12-20/h7-10H,5-6,11-16H2,1-4H3,(H,21,22). The molecule has 0 bridgehead atoms. The SMILES string of the molecule is CCNC(=NCC1(SC)CCOCC1)N(C)Cc1ccc(CC)cc1. The van der Waals surface area contributed by atoms with E-state index in [1.165, 1.54) is 11.1 Å². The van der Waals surface area contributed by atoms with Gasteiger partial charge in [-0.3, -0.25) is 4.99 Å². The second-order valence-electron chi connectivity index (χ2n) is 6.70. The molecule has 1 fully saturated rings. The minimum atomic E-state index is 0.225. The molecule has 1 saturated heterocycles. The van der Waals surface area contributed by atoms with Gasteiger partial charge in [-0.2, -0.15) is 11.8 Å². The van der Waals surface area contributed by atoms with Crippen LogP contribution >= 0.6 is 11.8 Å². The van der Waals surface area contributed by atoms with Crippen LogP contribution in [0.1, 0.15) is 37.8 Å². The highest BCUT2D eigenvalue weighted by Gasteiger charge is 2.31. The van der Waals surface area contributed by atoms with Crippen LogP contribution in [0, 0.1) is 0 Å². The highest BCUT2D eigenvalue weighted by molar-refractivity contribution is 8.00. The quantitative estimate of drug-likeness (QED) is 0.594. The van der Waals surface area contributed by atoms with Crippen LogP contribution in [0.5, 0.6) is 0 Å². The number of nitrogens with one attached hydrogen (secondary N) is 1. The Hall–Kier alpha value is -1.20. The predicted octanol–water partition coefficient (Wildman–Crippen LogP) is 3.56. The molecule has 0 spiro atoms. The Kier molecular flexibility index (Phi) is 8.10. The predicted molar refractivity (Wildman–Crippen MR) is 110 cm³/mol. The number of guanidine groups is 1. The van der Waals surface area contributed by atoms with Gasteiger partial charge in [0.1, 0.15) is 0 Å². The van der Waals surface area contributed by atoms with Crippen molar-refractivity contribution in [1.82, 2.24) is 10.2 Å². The fourth-order valence-electron chi connectivity index (χ4n) is 3.09. The molecule has 0 atom stereocenters. The van der Waals surface area contributed by atoms with Crippen LogP contribution in [0.3, 0.4) is 0 Å². The van der Waals surface area contributed by atoms with Crippen molar-refractivity contribution in [2.45, 2.75) is 44.4 Å². The first kappa shape index (κ1) is 20.1. The van der Waals surface area contributed by atoms with Crippen LogP contribution in [-0.2, 0) is 17.7 Å². The molecule has 25 heavy (non-hydrogen) atoms. The van der Waals surface area contributed by atoms with Gasteiger partial charge in [0.2, 0.25) is 0 Å². The van der Waals surface area contributed by atoms with E-state index in [4.69, 9.17) is 9.73 Å². The molecule has 2 rings (SSSR count). The highest BCUT2D eigenvalue weighted by atomic mass is 32.2. The van der Waals surface area contributed by atoms with E-state index in [-0.39, 0.29) is 4.75 Å². The van der Waals surface area contributed by atoms with Crippen LogP contribution in [0.15, 0.2) is 29.3 Å². The molecule has 0 unspecified atom stereocenters. The molecule has 1 aromatic carbocycles. The first-order valence-electron chi connectivity index (χ1n) is 9.32. The number of aliphatic imine (C=N–C) groups is 1. The summed E-state index contributed by atoms with van der Waals surface area (Å²) < 4.78 is 5.76. The molecule has 140 valence electrons. The Morgan fingerprint density at radius 3 is 2.40 bits per heavy atom. The van der Waals surface area contributed by atoms with Gasteiger partial charge in [0.05, 0.1) is 6.54 Å². The highest BCUT2D eigenvalue weighted by Crippen LogP contribution is 2.34. The number of aryl methyl sites for hydroxylation is 1. The van der Waals surface area contributed by atoms with Crippen LogP contribution in [0.4, 0.5) is 0 Å². The van der Waals surface area contributed by atoms with E-state index >= 15 is 0 Å². The second-order valence-corrected chi connectivity index (χ2v) is 7.97. The summed E-state index contributed by atoms with van der Waals surface area (Å²) in [4.78, 5) is 7.19. The number of hydrogen-bond donors (Lipinski definition) is 1. The Bertz CT molecular complexity index is 538. The van der Waals surface area contributed by atoms with Gasteiger partial charge < -0.3 is 15.0 Å². The Morgan fingerprint density at radius 1 is 1.20 bits per heavy atom. The molecular weight excluding hydrogens is 330 g/mol. The molecule has 0 aromatic heterocycles. The smallest absolute Gasteiger partial charge is 0.194 e. The lowest BCUT2D eigenvalue weighted by Gasteiger charge is -2.34. The molecule has 1 aliphatic heterocycles. The van der Waals surface area contributed by atoms with Crippen LogP contribution in [-0.4, -0.2) is 55.2 Å². The molecule has 0 saturated carbocycles. The van der Waals surface area contributed by atoms with Crippen LogP contribution < -0.4 is 5.32 Å². The Labute approximate surface area is 157 Å². The lowest BCUT2D eigenvalue weighted by molar-refractivity contribution is 0.0793. The molecule has 4 nitrogen and oxygen atoms in total. The molecule has 0 radical (unpaired) electrons. The maximum absolute atomic E-state index is 5.54. The van der Waals surface area contributed by atoms with E-state index in [1.807, 2.05) is 11.8 Å². The maximum atomic E-state index is 5.54. The minimum Gasteiger partial charge on any atom is -0.381 e. The first-order valence-corrected chi connectivity index (χ1v) is 10.5. The molecular formula is C20H33N3OS. The van der Waals surface area contributed by atoms with Gasteiger partial charge in [-0.05, 0) is 43.6 Å². The number of nitrogens with zero attached hydrogens (tertiary/aromatic N) is 2. The van der Waals surface area contributed by atoms with E-state index in [1.54, 1.807) is 0 Å². The van der Waals surface area contributed by atoms with Crippen molar-refractivity contribution in [2.24, 2.45) is 4.99 Å². The number of ether oxygens (including phenoxy) is 1. The molecule has 5 heteroatoms. The second kappa shape index (κ2) is 10.1. The number of thioether (sulfide) groups is 1. The lowest BCUT2D eigenvalue weighted by atomic mass is 9.99. The molecule has 1 heterocycles. The summed E-state index contributed by atoms with van der Waals surface area (Å²) in [6.45, 7) is 8.61. The van der Waals surface area contributed by atoms with Crippen molar-refractivity contribution in [3.63, 3.8) is 0 Å². The van der Waals surface area contributed by atoms with Gasteiger partial charge in [0.15, 0.2) is 5.96 Å². The van der Waals surface area contributed by atoms with Gasteiger partial charge in [0, 0.05) is 38.1 Å². The average molecular weight is 364 g/mol. The first-order chi connectivity index (χ1) is 12.1. The van der Waals surface area contributed by atoms with Gasteiger partial charge in [-0.15, -0.1) is 0 Å². The zero-order valence-electron chi connectivity index (χ0n) is 16.2. The fourth-order valence-corrected chi connectivity index (χ4v) is 3.86. The zero-order valence-corrected chi connectivity index (χ0v) is 17.0. The summed E-state index contributed by atoms with van der Waals surface area (Å²) in [5, 5.41) is 3.44. The lowest BCUT2D eigenvalue weighted by Crippen LogP contribution is -2.41. The van der Waals surface area contributed by atoms with Gasteiger partial charge in [0.25, 0.3) is 0 Å². The summed E-state index contributed by atoms with van der Waals surface area (Å²) in [6.07, 6.45) is 5.45. The molecule has 1 aliphatic rings. The van der Waals surface area contributed by atoms with Gasteiger partial charge in [-0.25, -0.2) is 0 Å². The van der Waals surface area contributed by atoms with Crippen molar-refractivity contribution >= 4 is 17.7 Å². The van der Waals surface area contributed by atoms with Crippen molar-refractivity contribution < 1.29 is 4.74 Å². The van der Waals surface area contributed by atoms with Crippen molar-refractivity contribution in [2.75, 3.05) is 39.6 Å². The Balaban J connectivity index is 2.03. The van der Waals surface area contributed by atoms with Crippen molar-refractivity contribution in [1.29, 1.82) is 0 Å². The maximum Gasteiger partial charge on any atom is 0.194 e. The summed E-state index contributed by atoms with van der Waals surface area (Å²) in [5.41, 5.74) is 2.70. The summed E-state index contributed by atoms with van der Waals surface area (Å²) in [5.74, 6) is 0.988. The van der Waals surface area contributed by atoms with Crippen LogP contribution in [0.2, 0.25) is 0 Å². The zero-order chi connectivity index (χ0) is 18.1. The third-order valence-corrected chi connectivity index (χ3v) is 6.30. The summed E-state index contributed by atoms with van der Waals surface area (Å²) in [7, 11) is 2.12. The normalized spacial score (nSPS) is 17.4. The largest absolute Gasteiger partial charge is 0.381 e. The van der Waals surface area contributed by atoms with E-state index in [2.05, 4.69) is 61.6 Å². The molecule has 1 aromatic rings. The number of rotatable bonds is 7. The van der Waals surface area contributed by atoms with E-state index in [0.29, 0.717) is 0 Å². The summed E-state index contributed by atoms with van der Waals surface area (Å²) >= 11 is 1.94. The summed E-state index contributed by atoms with van der Waals surface area (Å²) in [6, 6.07) is 8.89. The molecule has 0 aliphatic carbocycles. The van der Waals surface area contributed by atoms with Crippen molar-refractivity contribution in [3.05, 3.63) is 35.4 Å². The van der Waals surface area contributed by atoms with E-state index in [0.717, 1.165) is 58.1 Å². The molecule has 1 N–H and O–H groups in total. The van der Waals surface area contributed by atoms with E-state index in [9.17, 15) is 0 Å². The van der Waals surface area contributed by atoms with Crippen molar-refractivity contribution in [3.8, 4) is 0 Å². The molecule has 0 amide bonds. The minimum absolute atomic E-state index is 0.225. The third-order valence-electron chi connectivity index (χ3n) is 4.90. The fraction of sp³-hybridized carbons (Fsp3) is 0.650. The third kappa shape index (κ3) is 5.93. The monoisotopic (exact) mass is 363 g/mol. The average Bonchev–Trinajstić information content (AvgIpc) is 2.66.